The van der Waals surface area contributed by atoms with E-state index in [0.717, 1.165) is 11.3 Å². The van der Waals surface area contributed by atoms with E-state index in [4.69, 9.17) is 21.1 Å². The Kier molecular flexibility index (Phi) is 4.66. The average Bonchev–Trinajstić information content (AvgIpc) is 2.94. The molecule has 0 aromatic heterocycles. The number of ether oxygens (including phenoxy) is 2. The van der Waals surface area contributed by atoms with Gasteiger partial charge in [-0.15, -0.1) is 0 Å². The average molecular weight is 346 g/mol. The van der Waals surface area contributed by atoms with E-state index in [9.17, 15) is 4.79 Å². The lowest BCUT2D eigenvalue weighted by molar-refractivity contribution is 0.256. The fraction of sp³-hybridized carbons (Fsp3) is 0.235. The summed E-state index contributed by atoms with van der Waals surface area (Å²) in [5.41, 5.74) is 1.78. The number of carbonyl (C=O) groups excluding carboxylic acids is 1. The first-order valence-electron chi connectivity index (χ1n) is 7.45. The molecule has 0 fully saturated rings. The monoisotopic (exact) mass is 345 g/mol. The Morgan fingerprint density at radius 3 is 2.71 bits per heavy atom. The number of amides is 2. The number of hydrogen-bond acceptors (Lipinski definition) is 4. The minimum Gasteiger partial charge on any atom is -0.493 e. The van der Waals surface area contributed by atoms with E-state index >= 15 is 0 Å². The molecule has 0 spiro atoms. The first-order valence-corrected chi connectivity index (χ1v) is 7.83. The molecule has 1 heterocycles. The molecule has 0 saturated carbocycles. The molecule has 1 aliphatic heterocycles. The van der Waals surface area contributed by atoms with Crippen LogP contribution in [0.5, 0.6) is 11.5 Å². The Bertz CT molecular complexity index is 912. The Morgan fingerprint density at radius 1 is 1.17 bits per heavy atom. The molecule has 2 amide bonds. The molecule has 1 N–H and O–H groups in total. The van der Waals surface area contributed by atoms with Crippen LogP contribution in [0.3, 0.4) is 0 Å². The number of hydrogen-bond donors (Lipinski definition) is 1. The molecule has 124 valence electrons. The van der Waals surface area contributed by atoms with Crippen molar-refractivity contribution in [2.75, 3.05) is 19.0 Å². The van der Waals surface area contributed by atoms with Gasteiger partial charge in [0.1, 0.15) is 0 Å². The molecule has 1 aliphatic rings. The van der Waals surface area contributed by atoms with Crippen LogP contribution in [0.15, 0.2) is 40.3 Å². The predicted octanol–water partition coefficient (Wildman–Crippen LogP) is 2.73. The zero-order valence-electron chi connectivity index (χ0n) is 13.3. The maximum Gasteiger partial charge on any atom is 0.368 e. The van der Waals surface area contributed by atoms with Crippen molar-refractivity contribution in [3.8, 4) is 11.5 Å². The third-order valence-electron chi connectivity index (χ3n) is 3.48. The topological polar surface area (TPSA) is 72.3 Å². The third-order valence-corrected chi connectivity index (χ3v) is 3.76. The Hall–Kier alpha value is -2.60. The van der Waals surface area contributed by atoms with Crippen molar-refractivity contribution in [2.45, 2.75) is 13.5 Å². The van der Waals surface area contributed by atoms with E-state index in [1.807, 2.05) is 25.1 Å². The maximum atomic E-state index is 11.2. The molecule has 0 bridgehead atoms. The lowest BCUT2D eigenvalue weighted by Crippen LogP contribution is -2.21. The van der Waals surface area contributed by atoms with E-state index in [-0.39, 0.29) is 0 Å². The standard InChI is InChI=1S/C17H16ClN3O3/c1-3-24-16-12(18)6-10(7-15(16)23-2)9-19-11-4-5-13-14(8-11)21-17(22)20-13/h4-8,19H,3,9H2,1-2H3. The number of nitrogens with zero attached hydrogens (tertiary/aromatic N) is 2. The van der Waals surface area contributed by atoms with Gasteiger partial charge in [-0.3, -0.25) is 0 Å². The summed E-state index contributed by atoms with van der Waals surface area (Å²) in [5, 5.41) is 4.94. The van der Waals surface area contributed by atoms with Crippen molar-refractivity contribution < 1.29 is 14.3 Å². The van der Waals surface area contributed by atoms with Gasteiger partial charge in [-0.1, -0.05) is 11.6 Å². The van der Waals surface area contributed by atoms with Crippen LogP contribution in [0, 0.1) is 0 Å². The zero-order chi connectivity index (χ0) is 17.1. The number of carbonyl (C=O) groups is 1. The van der Waals surface area contributed by atoms with Gasteiger partial charge in [-0.2, -0.15) is 9.98 Å². The number of fused-ring (bicyclic) bond motifs is 1. The highest BCUT2D eigenvalue weighted by Gasteiger charge is 2.12. The summed E-state index contributed by atoms with van der Waals surface area (Å²) in [7, 11) is 1.58. The fourth-order valence-electron chi connectivity index (χ4n) is 2.41. The van der Waals surface area contributed by atoms with Crippen LogP contribution in [-0.4, -0.2) is 19.7 Å². The molecule has 7 heteroatoms. The Balaban J connectivity index is 1.79. The summed E-state index contributed by atoms with van der Waals surface area (Å²) in [6.45, 7) is 2.93. The van der Waals surface area contributed by atoms with Gasteiger partial charge in [-0.05, 0) is 42.8 Å². The van der Waals surface area contributed by atoms with Gasteiger partial charge in [0.25, 0.3) is 0 Å². The smallest absolute Gasteiger partial charge is 0.368 e. The predicted molar refractivity (Wildman–Crippen MR) is 90.6 cm³/mol. The zero-order valence-corrected chi connectivity index (χ0v) is 14.1. The minimum absolute atomic E-state index is 0.467. The molecule has 0 aliphatic carbocycles. The molecule has 0 saturated heterocycles. The summed E-state index contributed by atoms with van der Waals surface area (Å²) in [4.78, 5) is 18.8. The van der Waals surface area contributed by atoms with Gasteiger partial charge in [0, 0.05) is 12.2 Å². The van der Waals surface area contributed by atoms with Gasteiger partial charge < -0.3 is 14.8 Å². The first-order chi connectivity index (χ1) is 11.6. The number of urea groups is 1. The second kappa shape index (κ2) is 6.88. The SMILES string of the molecule is CCOc1c(Cl)cc(CNc2ccc3c(c2)=NC(=O)N=3)cc1OC. The van der Waals surface area contributed by atoms with Gasteiger partial charge >= 0.3 is 6.03 Å². The molecular formula is C17H16ClN3O3. The first kappa shape index (κ1) is 16.3. The number of halogens is 1. The van der Waals surface area contributed by atoms with Crippen LogP contribution in [0.2, 0.25) is 5.02 Å². The molecular weight excluding hydrogens is 330 g/mol. The van der Waals surface area contributed by atoms with E-state index in [0.29, 0.717) is 40.4 Å². The molecule has 6 nitrogen and oxygen atoms in total. The molecule has 3 rings (SSSR count). The van der Waals surface area contributed by atoms with Crippen molar-refractivity contribution in [1.82, 2.24) is 0 Å². The Morgan fingerprint density at radius 2 is 1.96 bits per heavy atom. The molecule has 0 atom stereocenters. The van der Waals surface area contributed by atoms with Crippen LogP contribution >= 0.6 is 11.6 Å². The van der Waals surface area contributed by atoms with Crippen molar-refractivity contribution in [2.24, 2.45) is 9.98 Å². The van der Waals surface area contributed by atoms with Crippen molar-refractivity contribution >= 4 is 23.3 Å². The highest BCUT2D eigenvalue weighted by atomic mass is 35.5. The molecule has 24 heavy (non-hydrogen) atoms. The molecule has 2 aromatic rings. The molecule has 0 unspecified atom stereocenters. The van der Waals surface area contributed by atoms with Gasteiger partial charge in [0.15, 0.2) is 11.5 Å². The summed E-state index contributed by atoms with van der Waals surface area (Å²) < 4.78 is 10.8. The summed E-state index contributed by atoms with van der Waals surface area (Å²) >= 11 is 6.27. The van der Waals surface area contributed by atoms with Crippen LogP contribution in [0.1, 0.15) is 12.5 Å². The normalized spacial score (nSPS) is 12.2. The van der Waals surface area contributed by atoms with Crippen molar-refractivity contribution in [3.05, 3.63) is 51.6 Å². The van der Waals surface area contributed by atoms with Gasteiger partial charge in [0.05, 0.1) is 29.5 Å². The summed E-state index contributed by atoms with van der Waals surface area (Å²) in [5.74, 6) is 1.14. The maximum absolute atomic E-state index is 11.2. The van der Waals surface area contributed by atoms with Crippen LogP contribution in [-0.2, 0) is 6.54 Å². The summed E-state index contributed by atoms with van der Waals surface area (Å²) in [6.07, 6.45) is 0. The lowest BCUT2D eigenvalue weighted by atomic mass is 10.2. The van der Waals surface area contributed by atoms with Crippen molar-refractivity contribution in [3.63, 3.8) is 0 Å². The van der Waals surface area contributed by atoms with E-state index in [1.54, 1.807) is 19.2 Å². The van der Waals surface area contributed by atoms with E-state index < -0.39 is 6.03 Å². The lowest BCUT2D eigenvalue weighted by Gasteiger charge is -2.14. The van der Waals surface area contributed by atoms with E-state index in [1.165, 1.54) is 0 Å². The van der Waals surface area contributed by atoms with Gasteiger partial charge in [0.2, 0.25) is 0 Å². The van der Waals surface area contributed by atoms with Gasteiger partial charge in [-0.25, -0.2) is 4.79 Å². The second-order valence-electron chi connectivity index (χ2n) is 5.11. The highest BCUT2D eigenvalue weighted by Crippen LogP contribution is 2.36. The van der Waals surface area contributed by atoms with Crippen LogP contribution < -0.4 is 25.5 Å². The minimum atomic E-state index is -0.467. The Labute approximate surface area is 143 Å². The van der Waals surface area contributed by atoms with Crippen molar-refractivity contribution in [1.29, 1.82) is 0 Å². The number of nitrogens with one attached hydrogen (secondary N) is 1. The quantitative estimate of drug-likeness (QED) is 0.873. The van der Waals surface area contributed by atoms with E-state index in [2.05, 4.69) is 15.3 Å². The molecule has 0 radical (unpaired) electrons. The second-order valence-corrected chi connectivity index (χ2v) is 5.51. The van der Waals surface area contributed by atoms with Crippen LogP contribution in [0.25, 0.3) is 0 Å². The number of rotatable bonds is 6. The summed E-state index contributed by atoms with van der Waals surface area (Å²) in [6, 6.07) is 8.64. The largest absolute Gasteiger partial charge is 0.493 e. The van der Waals surface area contributed by atoms with Crippen LogP contribution in [0.4, 0.5) is 10.5 Å². The highest BCUT2D eigenvalue weighted by molar-refractivity contribution is 6.32. The fourth-order valence-corrected chi connectivity index (χ4v) is 2.70. The number of anilines is 1. The number of benzene rings is 2. The third kappa shape index (κ3) is 3.33. The number of methoxy groups -OCH3 is 1. The molecule has 2 aromatic carbocycles.